The zero-order valence-corrected chi connectivity index (χ0v) is 13.2. The second-order valence-corrected chi connectivity index (χ2v) is 7.27. The number of hydrogen-bond acceptors (Lipinski definition) is 2. The minimum atomic E-state index is 0.371. The van der Waals surface area contributed by atoms with Crippen molar-refractivity contribution < 1.29 is 0 Å². The lowest BCUT2D eigenvalue weighted by molar-refractivity contribution is 0.124. The van der Waals surface area contributed by atoms with Gasteiger partial charge in [0.25, 0.3) is 0 Å². The fourth-order valence-corrected chi connectivity index (χ4v) is 4.33. The lowest BCUT2D eigenvalue weighted by Crippen LogP contribution is -2.49. The molecule has 116 valence electrons. The van der Waals surface area contributed by atoms with Gasteiger partial charge in [0.15, 0.2) is 0 Å². The number of benzene rings is 1. The summed E-state index contributed by atoms with van der Waals surface area (Å²) in [4.78, 5) is 2.66. The Morgan fingerprint density at radius 1 is 0.952 bits per heavy atom. The van der Waals surface area contributed by atoms with E-state index in [2.05, 4.69) is 35.2 Å². The minimum absolute atomic E-state index is 0.371. The van der Waals surface area contributed by atoms with E-state index >= 15 is 0 Å². The van der Waals surface area contributed by atoms with Gasteiger partial charge in [-0.15, -0.1) is 0 Å². The van der Waals surface area contributed by atoms with Crippen LogP contribution in [0.25, 0.3) is 0 Å². The van der Waals surface area contributed by atoms with Crippen molar-refractivity contribution in [3.05, 3.63) is 35.9 Å². The summed E-state index contributed by atoms with van der Waals surface area (Å²) in [6.45, 7) is 3.65. The van der Waals surface area contributed by atoms with Crippen LogP contribution in [-0.2, 0) is 6.42 Å². The van der Waals surface area contributed by atoms with Gasteiger partial charge in [-0.1, -0.05) is 49.6 Å². The highest BCUT2D eigenvalue weighted by Crippen LogP contribution is 2.27. The standard InChI is InChI=1S/C19H30N2/c20-19-12-18(11-16-7-3-1-4-8-16)14-21(15-19)13-17-9-5-2-6-10-17/h1,3-4,7-8,17-19H,2,5-6,9-15,20H2. The maximum absolute atomic E-state index is 6.33. The monoisotopic (exact) mass is 286 g/mol. The second kappa shape index (κ2) is 7.42. The molecule has 1 saturated carbocycles. The molecular weight excluding hydrogens is 256 g/mol. The van der Waals surface area contributed by atoms with Crippen molar-refractivity contribution in [2.45, 2.75) is 51.0 Å². The molecule has 2 heteroatoms. The molecule has 0 spiro atoms. The summed E-state index contributed by atoms with van der Waals surface area (Å²) in [6, 6.07) is 11.3. The van der Waals surface area contributed by atoms with Crippen LogP contribution in [0.1, 0.15) is 44.1 Å². The summed E-state index contributed by atoms with van der Waals surface area (Å²) < 4.78 is 0. The zero-order valence-electron chi connectivity index (χ0n) is 13.2. The molecule has 2 atom stereocenters. The third-order valence-electron chi connectivity index (χ3n) is 5.25. The lowest BCUT2D eigenvalue weighted by atomic mass is 9.86. The fraction of sp³-hybridized carbons (Fsp3) is 0.684. The van der Waals surface area contributed by atoms with Crippen LogP contribution in [0.3, 0.4) is 0 Å². The average Bonchev–Trinajstić information content (AvgIpc) is 2.48. The van der Waals surface area contributed by atoms with E-state index < -0.39 is 0 Å². The van der Waals surface area contributed by atoms with Crippen LogP contribution in [0.2, 0.25) is 0 Å². The summed E-state index contributed by atoms with van der Waals surface area (Å²) in [6.07, 6.45) is 9.60. The van der Waals surface area contributed by atoms with Crippen LogP contribution in [-0.4, -0.2) is 30.6 Å². The van der Waals surface area contributed by atoms with Crippen LogP contribution in [0, 0.1) is 11.8 Å². The quantitative estimate of drug-likeness (QED) is 0.918. The molecule has 3 rings (SSSR count). The molecule has 0 aromatic heterocycles. The minimum Gasteiger partial charge on any atom is -0.327 e. The Labute approximate surface area is 129 Å². The molecule has 2 aliphatic rings. The van der Waals surface area contributed by atoms with Gasteiger partial charge in [-0.3, -0.25) is 0 Å². The smallest absolute Gasteiger partial charge is 0.0171 e. The third kappa shape index (κ3) is 4.55. The number of nitrogens with zero attached hydrogens (tertiary/aromatic N) is 1. The first kappa shape index (κ1) is 15.1. The highest BCUT2D eigenvalue weighted by Gasteiger charge is 2.27. The van der Waals surface area contributed by atoms with E-state index in [-0.39, 0.29) is 0 Å². The Kier molecular flexibility index (Phi) is 5.32. The molecular formula is C19H30N2. The molecule has 1 heterocycles. The van der Waals surface area contributed by atoms with Crippen LogP contribution in [0.15, 0.2) is 30.3 Å². The van der Waals surface area contributed by atoms with Gasteiger partial charge in [-0.2, -0.15) is 0 Å². The third-order valence-corrected chi connectivity index (χ3v) is 5.25. The largest absolute Gasteiger partial charge is 0.327 e. The van der Waals surface area contributed by atoms with Crippen molar-refractivity contribution in [2.24, 2.45) is 17.6 Å². The summed E-state index contributed by atoms with van der Waals surface area (Å²) in [7, 11) is 0. The number of likely N-dealkylation sites (tertiary alicyclic amines) is 1. The van der Waals surface area contributed by atoms with Crippen molar-refractivity contribution >= 4 is 0 Å². The predicted molar refractivity (Wildman–Crippen MR) is 89.2 cm³/mol. The lowest BCUT2D eigenvalue weighted by Gasteiger charge is -2.39. The SMILES string of the molecule is NC1CC(Cc2ccccc2)CN(CC2CCCCC2)C1. The molecule has 0 radical (unpaired) electrons. The maximum atomic E-state index is 6.33. The Balaban J connectivity index is 1.53. The molecule has 2 N–H and O–H groups in total. The Morgan fingerprint density at radius 3 is 2.48 bits per heavy atom. The van der Waals surface area contributed by atoms with Gasteiger partial charge < -0.3 is 10.6 Å². The molecule has 2 fully saturated rings. The molecule has 1 aromatic rings. The highest BCUT2D eigenvalue weighted by molar-refractivity contribution is 5.15. The Hall–Kier alpha value is -0.860. The average molecular weight is 286 g/mol. The van der Waals surface area contributed by atoms with E-state index in [1.165, 1.54) is 63.6 Å². The van der Waals surface area contributed by atoms with Crippen molar-refractivity contribution in [3.63, 3.8) is 0 Å². The molecule has 1 aliphatic carbocycles. The number of rotatable bonds is 4. The second-order valence-electron chi connectivity index (χ2n) is 7.27. The molecule has 2 unspecified atom stereocenters. The number of hydrogen-bond donors (Lipinski definition) is 1. The van der Waals surface area contributed by atoms with Gasteiger partial charge in [0, 0.05) is 25.7 Å². The van der Waals surface area contributed by atoms with Crippen molar-refractivity contribution in [2.75, 3.05) is 19.6 Å². The highest BCUT2D eigenvalue weighted by atomic mass is 15.2. The molecule has 1 aliphatic heterocycles. The summed E-state index contributed by atoms with van der Waals surface area (Å²) >= 11 is 0. The molecule has 21 heavy (non-hydrogen) atoms. The normalized spacial score (nSPS) is 28.6. The van der Waals surface area contributed by atoms with Crippen LogP contribution in [0.5, 0.6) is 0 Å². The molecule has 0 bridgehead atoms. The van der Waals surface area contributed by atoms with Gasteiger partial charge in [-0.05, 0) is 43.1 Å². The first-order valence-electron chi connectivity index (χ1n) is 8.81. The zero-order chi connectivity index (χ0) is 14.5. The maximum Gasteiger partial charge on any atom is 0.0171 e. The van der Waals surface area contributed by atoms with Gasteiger partial charge in [0.1, 0.15) is 0 Å². The van der Waals surface area contributed by atoms with E-state index in [0.717, 1.165) is 18.4 Å². The summed E-state index contributed by atoms with van der Waals surface area (Å²) in [5.41, 5.74) is 7.80. The molecule has 1 aromatic carbocycles. The molecule has 2 nitrogen and oxygen atoms in total. The Bertz CT molecular complexity index is 411. The van der Waals surface area contributed by atoms with Gasteiger partial charge in [0.05, 0.1) is 0 Å². The van der Waals surface area contributed by atoms with Crippen LogP contribution in [0.4, 0.5) is 0 Å². The Morgan fingerprint density at radius 2 is 1.71 bits per heavy atom. The predicted octanol–water partition coefficient (Wildman–Crippen LogP) is 3.46. The summed E-state index contributed by atoms with van der Waals surface area (Å²) in [5, 5.41) is 0. The van der Waals surface area contributed by atoms with Crippen LogP contribution >= 0.6 is 0 Å². The number of piperidine rings is 1. The fourth-order valence-electron chi connectivity index (χ4n) is 4.33. The van der Waals surface area contributed by atoms with E-state index in [0.29, 0.717) is 6.04 Å². The first-order valence-corrected chi connectivity index (χ1v) is 8.81. The summed E-state index contributed by atoms with van der Waals surface area (Å²) in [5.74, 6) is 1.67. The van der Waals surface area contributed by atoms with Crippen molar-refractivity contribution in [1.29, 1.82) is 0 Å². The van der Waals surface area contributed by atoms with E-state index in [9.17, 15) is 0 Å². The first-order chi connectivity index (χ1) is 10.3. The van der Waals surface area contributed by atoms with Crippen molar-refractivity contribution in [1.82, 2.24) is 4.90 Å². The van der Waals surface area contributed by atoms with Gasteiger partial charge >= 0.3 is 0 Å². The number of nitrogens with two attached hydrogens (primary N) is 1. The van der Waals surface area contributed by atoms with E-state index in [1.54, 1.807) is 0 Å². The van der Waals surface area contributed by atoms with Crippen LogP contribution < -0.4 is 5.73 Å². The van der Waals surface area contributed by atoms with E-state index in [1.807, 2.05) is 0 Å². The van der Waals surface area contributed by atoms with Gasteiger partial charge in [-0.25, -0.2) is 0 Å². The van der Waals surface area contributed by atoms with Gasteiger partial charge in [0.2, 0.25) is 0 Å². The topological polar surface area (TPSA) is 29.3 Å². The van der Waals surface area contributed by atoms with Crippen molar-refractivity contribution in [3.8, 4) is 0 Å². The molecule has 0 amide bonds. The van der Waals surface area contributed by atoms with E-state index in [4.69, 9.17) is 5.73 Å². The molecule has 1 saturated heterocycles.